The van der Waals surface area contributed by atoms with Gasteiger partial charge in [0.15, 0.2) is 9.84 Å². The van der Waals surface area contributed by atoms with Crippen molar-refractivity contribution in [1.82, 2.24) is 0 Å². The summed E-state index contributed by atoms with van der Waals surface area (Å²) in [6, 6.07) is -0.162. The van der Waals surface area contributed by atoms with Gasteiger partial charge in [0, 0.05) is 19.3 Å². The van der Waals surface area contributed by atoms with E-state index in [1.807, 2.05) is 0 Å². The molecular formula is C12H23NO3S. The van der Waals surface area contributed by atoms with Gasteiger partial charge < -0.3 is 10.5 Å². The maximum absolute atomic E-state index is 12.6. The van der Waals surface area contributed by atoms with E-state index in [0.717, 1.165) is 32.1 Å². The van der Waals surface area contributed by atoms with Gasteiger partial charge in [0.2, 0.25) is 0 Å². The number of hydrogen-bond donors (Lipinski definition) is 1. The highest BCUT2D eigenvalue weighted by molar-refractivity contribution is 7.92. The van der Waals surface area contributed by atoms with E-state index in [9.17, 15) is 8.42 Å². The predicted molar refractivity (Wildman–Crippen MR) is 67.6 cm³/mol. The topological polar surface area (TPSA) is 69.4 Å². The van der Waals surface area contributed by atoms with Crippen LogP contribution in [0.15, 0.2) is 0 Å². The molecule has 17 heavy (non-hydrogen) atoms. The summed E-state index contributed by atoms with van der Waals surface area (Å²) < 4.78 is 30.4. The van der Waals surface area contributed by atoms with Crippen LogP contribution in [-0.2, 0) is 14.6 Å². The summed E-state index contributed by atoms with van der Waals surface area (Å²) in [5, 5.41) is -0.529. The Hall–Kier alpha value is -0.130. The fourth-order valence-electron chi connectivity index (χ4n) is 2.96. The zero-order valence-electron chi connectivity index (χ0n) is 10.3. The van der Waals surface area contributed by atoms with Crippen LogP contribution >= 0.6 is 0 Å². The summed E-state index contributed by atoms with van der Waals surface area (Å²) >= 11 is 0. The Morgan fingerprint density at radius 1 is 0.941 bits per heavy atom. The van der Waals surface area contributed by atoms with E-state index in [2.05, 4.69) is 0 Å². The Morgan fingerprint density at radius 3 is 2.29 bits per heavy atom. The lowest BCUT2D eigenvalue weighted by atomic mass is 10.1. The highest BCUT2D eigenvalue weighted by Crippen LogP contribution is 2.28. The van der Waals surface area contributed by atoms with Crippen LogP contribution in [0.25, 0.3) is 0 Å². The quantitative estimate of drug-likeness (QED) is 0.759. The number of nitrogens with two attached hydrogens (primary N) is 1. The Labute approximate surface area is 104 Å². The largest absolute Gasteiger partial charge is 0.381 e. The van der Waals surface area contributed by atoms with Gasteiger partial charge in [-0.1, -0.05) is 19.3 Å². The summed E-state index contributed by atoms with van der Waals surface area (Å²) in [6.07, 6.45) is 6.08. The van der Waals surface area contributed by atoms with E-state index in [0.29, 0.717) is 26.1 Å². The maximum Gasteiger partial charge on any atom is 0.157 e. The molecule has 100 valence electrons. The highest BCUT2D eigenvalue weighted by Gasteiger charge is 2.38. The third kappa shape index (κ3) is 3.01. The number of hydrogen-bond acceptors (Lipinski definition) is 4. The molecule has 0 aromatic carbocycles. The Morgan fingerprint density at radius 2 is 1.59 bits per heavy atom. The van der Waals surface area contributed by atoms with Gasteiger partial charge in [0.05, 0.1) is 10.5 Å². The first-order chi connectivity index (χ1) is 8.12. The molecule has 1 saturated heterocycles. The van der Waals surface area contributed by atoms with Crippen LogP contribution in [0.5, 0.6) is 0 Å². The molecular weight excluding hydrogens is 238 g/mol. The number of rotatable bonds is 2. The average Bonchev–Trinajstić information content (AvgIpc) is 2.55. The van der Waals surface area contributed by atoms with Crippen LogP contribution < -0.4 is 5.73 Å². The summed E-state index contributed by atoms with van der Waals surface area (Å²) in [5.41, 5.74) is 6.06. The Bertz CT molecular complexity index is 336. The van der Waals surface area contributed by atoms with Gasteiger partial charge in [-0.2, -0.15) is 0 Å². The summed E-state index contributed by atoms with van der Waals surface area (Å²) in [5.74, 6) is 0. The monoisotopic (exact) mass is 261 g/mol. The van der Waals surface area contributed by atoms with E-state index in [-0.39, 0.29) is 16.5 Å². The molecule has 0 bridgehead atoms. The van der Waals surface area contributed by atoms with Crippen molar-refractivity contribution < 1.29 is 13.2 Å². The minimum atomic E-state index is -3.06. The zero-order valence-corrected chi connectivity index (χ0v) is 11.1. The summed E-state index contributed by atoms with van der Waals surface area (Å²) in [4.78, 5) is 0. The van der Waals surface area contributed by atoms with Crippen LogP contribution in [0.2, 0.25) is 0 Å². The van der Waals surface area contributed by atoms with E-state index >= 15 is 0 Å². The third-order valence-corrected chi connectivity index (χ3v) is 6.89. The van der Waals surface area contributed by atoms with Gasteiger partial charge in [0.1, 0.15) is 0 Å². The van der Waals surface area contributed by atoms with Crippen molar-refractivity contribution in [2.75, 3.05) is 13.2 Å². The fraction of sp³-hybridized carbons (Fsp3) is 1.00. The summed E-state index contributed by atoms with van der Waals surface area (Å²) in [7, 11) is -3.06. The standard InChI is InChI=1S/C12H23NO3S/c13-11-4-2-1-3-5-12(11)17(14,15)10-6-8-16-9-7-10/h10-12H,1-9,13H2. The van der Waals surface area contributed by atoms with Crippen molar-refractivity contribution >= 4 is 9.84 Å². The first-order valence-electron chi connectivity index (χ1n) is 6.68. The molecule has 2 unspecified atom stereocenters. The minimum absolute atomic E-state index is 0.162. The molecule has 0 aromatic heterocycles. The molecule has 1 heterocycles. The molecule has 2 atom stereocenters. The molecule has 2 N–H and O–H groups in total. The molecule has 0 spiro atoms. The average molecular weight is 261 g/mol. The zero-order chi connectivity index (χ0) is 12.3. The molecule has 1 saturated carbocycles. The maximum atomic E-state index is 12.6. The second kappa shape index (κ2) is 5.67. The van der Waals surface area contributed by atoms with Crippen molar-refractivity contribution in [3.63, 3.8) is 0 Å². The van der Waals surface area contributed by atoms with Crippen LogP contribution in [0.1, 0.15) is 44.9 Å². The van der Waals surface area contributed by atoms with Crippen LogP contribution in [0, 0.1) is 0 Å². The lowest BCUT2D eigenvalue weighted by Gasteiger charge is -2.29. The van der Waals surface area contributed by atoms with Crippen molar-refractivity contribution in [2.45, 2.75) is 61.5 Å². The highest BCUT2D eigenvalue weighted by atomic mass is 32.2. The van der Waals surface area contributed by atoms with Crippen molar-refractivity contribution in [3.05, 3.63) is 0 Å². The first kappa shape index (κ1) is 13.3. The molecule has 0 amide bonds. The third-order valence-electron chi connectivity index (χ3n) is 4.06. The molecule has 4 nitrogen and oxygen atoms in total. The van der Waals surface area contributed by atoms with Crippen molar-refractivity contribution in [1.29, 1.82) is 0 Å². The minimum Gasteiger partial charge on any atom is -0.381 e. The smallest absolute Gasteiger partial charge is 0.157 e. The molecule has 1 aliphatic carbocycles. The predicted octanol–water partition coefficient (Wildman–Crippen LogP) is 1.24. The van der Waals surface area contributed by atoms with Gasteiger partial charge in [-0.15, -0.1) is 0 Å². The second-order valence-electron chi connectivity index (χ2n) is 5.24. The van der Waals surface area contributed by atoms with E-state index in [4.69, 9.17) is 10.5 Å². The molecule has 2 fully saturated rings. The van der Waals surface area contributed by atoms with Crippen molar-refractivity contribution in [2.24, 2.45) is 5.73 Å². The van der Waals surface area contributed by atoms with E-state index in [1.165, 1.54) is 0 Å². The SMILES string of the molecule is NC1CCCCCC1S(=O)(=O)C1CCOCC1. The van der Waals surface area contributed by atoms with E-state index < -0.39 is 9.84 Å². The molecule has 0 aromatic rings. The first-order valence-corrected chi connectivity index (χ1v) is 8.29. The molecule has 5 heteroatoms. The van der Waals surface area contributed by atoms with Crippen LogP contribution in [-0.4, -0.2) is 38.2 Å². The molecule has 0 radical (unpaired) electrons. The lowest BCUT2D eigenvalue weighted by Crippen LogP contribution is -2.45. The fourth-order valence-corrected chi connectivity index (χ4v) is 5.42. The number of ether oxygens (including phenoxy) is 1. The normalized spacial score (nSPS) is 33.2. The van der Waals surface area contributed by atoms with Gasteiger partial charge in [-0.3, -0.25) is 0 Å². The molecule has 2 aliphatic rings. The van der Waals surface area contributed by atoms with Crippen LogP contribution in [0.3, 0.4) is 0 Å². The van der Waals surface area contributed by atoms with E-state index in [1.54, 1.807) is 0 Å². The Balaban J connectivity index is 2.11. The Kier molecular flexibility index (Phi) is 4.44. The van der Waals surface area contributed by atoms with Gasteiger partial charge in [0.25, 0.3) is 0 Å². The number of sulfone groups is 1. The second-order valence-corrected chi connectivity index (χ2v) is 7.69. The molecule has 1 aliphatic heterocycles. The van der Waals surface area contributed by atoms with Crippen molar-refractivity contribution in [3.8, 4) is 0 Å². The lowest BCUT2D eigenvalue weighted by molar-refractivity contribution is 0.0981. The van der Waals surface area contributed by atoms with Gasteiger partial charge in [-0.25, -0.2) is 8.42 Å². The summed E-state index contributed by atoms with van der Waals surface area (Å²) in [6.45, 7) is 1.15. The molecule has 2 rings (SSSR count). The van der Waals surface area contributed by atoms with Gasteiger partial charge in [-0.05, 0) is 25.7 Å². The van der Waals surface area contributed by atoms with Crippen LogP contribution in [0.4, 0.5) is 0 Å². The van der Waals surface area contributed by atoms with Gasteiger partial charge >= 0.3 is 0 Å².